The lowest BCUT2D eigenvalue weighted by atomic mass is 10.0. The van der Waals surface area contributed by atoms with Crippen LogP contribution in [0.1, 0.15) is 30.3 Å². The third kappa shape index (κ3) is 4.31. The molecule has 0 saturated carbocycles. The van der Waals surface area contributed by atoms with E-state index in [4.69, 9.17) is 0 Å². The number of carbonyl (C=O) groups is 1. The Morgan fingerprint density at radius 3 is 2.62 bits per heavy atom. The highest BCUT2D eigenvalue weighted by molar-refractivity contribution is 7.99. The van der Waals surface area contributed by atoms with Crippen LogP contribution in [0.25, 0.3) is 11.5 Å². The van der Waals surface area contributed by atoms with Crippen molar-refractivity contribution in [3.8, 4) is 11.5 Å². The Hall–Kier alpha value is -2.19. The first-order chi connectivity index (χ1) is 12.4. The highest BCUT2D eigenvalue weighted by Crippen LogP contribution is 2.24. The number of thiazole rings is 1. The Bertz CT molecular complexity index is 899. The summed E-state index contributed by atoms with van der Waals surface area (Å²) in [4.78, 5) is 16.6. The third-order valence-electron chi connectivity index (χ3n) is 3.88. The fourth-order valence-electron chi connectivity index (χ4n) is 2.41. The summed E-state index contributed by atoms with van der Waals surface area (Å²) in [5.74, 6) is 1.39. The fraction of sp³-hybridized carbons (Fsp3) is 0.333. The number of anilines is 1. The molecule has 0 bridgehead atoms. The second kappa shape index (κ2) is 8.01. The Labute approximate surface area is 161 Å². The maximum absolute atomic E-state index is 12.2. The second-order valence-corrected chi connectivity index (χ2v) is 8.24. The number of rotatable bonds is 6. The van der Waals surface area contributed by atoms with Gasteiger partial charge in [-0.2, -0.15) is 0 Å². The van der Waals surface area contributed by atoms with Gasteiger partial charge in [0.1, 0.15) is 5.69 Å². The lowest BCUT2D eigenvalue weighted by molar-refractivity contribution is -0.113. The summed E-state index contributed by atoms with van der Waals surface area (Å²) in [6.45, 7) is 6.25. The zero-order valence-electron chi connectivity index (χ0n) is 15.2. The predicted octanol–water partition coefficient (Wildman–Crippen LogP) is 4.10. The molecular weight excluding hydrogens is 366 g/mol. The molecule has 1 amide bonds. The maximum Gasteiger partial charge on any atom is 0.234 e. The van der Waals surface area contributed by atoms with Crippen LogP contribution in [-0.4, -0.2) is 31.4 Å². The number of aryl methyl sites for hydroxylation is 1. The van der Waals surface area contributed by atoms with E-state index in [2.05, 4.69) is 34.3 Å². The van der Waals surface area contributed by atoms with Crippen molar-refractivity contribution >= 4 is 34.7 Å². The normalized spacial score (nSPS) is 11.1. The van der Waals surface area contributed by atoms with Gasteiger partial charge in [-0.3, -0.25) is 4.79 Å². The summed E-state index contributed by atoms with van der Waals surface area (Å²) in [7, 11) is 1.88. The van der Waals surface area contributed by atoms with Crippen molar-refractivity contribution in [3.05, 3.63) is 40.2 Å². The van der Waals surface area contributed by atoms with E-state index >= 15 is 0 Å². The number of hydrogen-bond donors (Lipinski definition) is 1. The van der Waals surface area contributed by atoms with E-state index in [0.29, 0.717) is 16.9 Å². The summed E-state index contributed by atoms with van der Waals surface area (Å²) >= 11 is 2.93. The summed E-state index contributed by atoms with van der Waals surface area (Å²) in [5.41, 5.74) is 2.86. The van der Waals surface area contributed by atoms with Crippen molar-refractivity contribution in [2.75, 3.05) is 11.1 Å². The molecule has 3 rings (SSSR count). The zero-order chi connectivity index (χ0) is 18.7. The largest absolute Gasteiger partial charge is 0.325 e. The van der Waals surface area contributed by atoms with Crippen LogP contribution >= 0.6 is 23.1 Å². The lowest BCUT2D eigenvalue weighted by Gasteiger charge is -2.08. The lowest BCUT2D eigenvalue weighted by Crippen LogP contribution is -2.14. The maximum atomic E-state index is 12.2. The van der Waals surface area contributed by atoms with Crippen molar-refractivity contribution in [2.24, 2.45) is 7.05 Å². The van der Waals surface area contributed by atoms with Gasteiger partial charge in [0.25, 0.3) is 0 Å². The van der Waals surface area contributed by atoms with E-state index in [1.165, 1.54) is 17.3 Å². The van der Waals surface area contributed by atoms with Gasteiger partial charge in [-0.05, 0) is 30.5 Å². The van der Waals surface area contributed by atoms with E-state index < -0.39 is 0 Å². The summed E-state index contributed by atoms with van der Waals surface area (Å²) in [5, 5.41) is 14.9. The van der Waals surface area contributed by atoms with Gasteiger partial charge in [0, 0.05) is 18.1 Å². The number of carbonyl (C=O) groups excluding carboxylic acids is 1. The Balaban J connectivity index is 1.59. The van der Waals surface area contributed by atoms with E-state index in [0.717, 1.165) is 16.4 Å². The first kappa shape index (κ1) is 18.6. The van der Waals surface area contributed by atoms with Crippen LogP contribution in [0.4, 0.5) is 5.69 Å². The minimum atomic E-state index is -0.0682. The standard InChI is InChI=1S/C18H21N5OS2/c1-11(2)13-5-7-14(8-6-13)20-16(24)10-26-18-22-21-17(23(18)4)15-9-25-12(3)19-15/h5-9,11H,10H2,1-4H3,(H,20,24). The molecule has 136 valence electrons. The molecule has 26 heavy (non-hydrogen) atoms. The molecule has 2 aromatic heterocycles. The molecule has 8 heteroatoms. The van der Waals surface area contributed by atoms with Crippen molar-refractivity contribution in [1.82, 2.24) is 19.7 Å². The topological polar surface area (TPSA) is 72.7 Å². The first-order valence-corrected chi connectivity index (χ1v) is 10.1. The molecule has 0 aliphatic carbocycles. The van der Waals surface area contributed by atoms with Gasteiger partial charge in [-0.1, -0.05) is 37.7 Å². The number of hydrogen-bond acceptors (Lipinski definition) is 6. The van der Waals surface area contributed by atoms with Crippen LogP contribution in [0.2, 0.25) is 0 Å². The third-order valence-corrected chi connectivity index (χ3v) is 5.67. The molecule has 2 heterocycles. The molecule has 0 fully saturated rings. The monoisotopic (exact) mass is 387 g/mol. The van der Waals surface area contributed by atoms with E-state index in [9.17, 15) is 4.79 Å². The smallest absolute Gasteiger partial charge is 0.234 e. The molecule has 0 aliphatic heterocycles. The number of benzene rings is 1. The summed E-state index contributed by atoms with van der Waals surface area (Å²) in [6.07, 6.45) is 0. The van der Waals surface area contributed by atoms with Crippen LogP contribution in [-0.2, 0) is 11.8 Å². The minimum absolute atomic E-state index is 0.0682. The van der Waals surface area contributed by atoms with Gasteiger partial charge in [-0.15, -0.1) is 21.5 Å². The Kier molecular flexibility index (Phi) is 5.73. The molecule has 0 aliphatic rings. The van der Waals surface area contributed by atoms with Crippen LogP contribution in [0.3, 0.4) is 0 Å². The van der Waals surface area contributed by atoms with Gasteiger partial charge >= 0.3 is 0 Å². The van der Waals surface area contributed by atoms with Gasteiger partial charge in [0.2, 0.25) is 5.91 Å². The van der Waals surface area contributed by atoms with Crippen molar-refractivity contribution in [2.45, 2.75) is 31.8 Å². The predicted molar refractivity (Wildman–Crippen MR) is 107 cm³/mol. The van der Waals surface area contributed by atoms with Gasteiger partial charge in [0.15, 0.2) is 11.0 Å². The van der Waals surface area contributed by atoms with Gasteiger partial charge in [0.05, 0.1) is 10.8 Å². The zero-order valence-corrected chi connectivity index (χ0v) is 16.8. The summed E-state index contributed by atoms with van der Waals surface area (Å²) < 4.78 is 1.86. The first-order valence-electron chi connectivity index (χ1n) is 8.28. The number of amides is 1. The molecule has 0 radical (unpaired) electrons. The van der Waals surface area contributed by atoms with Crippen LogP contribution < -0.4 is 5.32 Å². The van der Waals surface area contributed by atoms with E-state index in [1.54, 1.807) is 11.3 Å². The minimum Gasteiger partial charge on any atom is -0.325 e. The molecule has 0 saturated heterocycles. The Morgan fingerprint density at radius 2 is 2.00 bits per heavy atom. The van der Waals surface area contributed by atoms with Crippen LogP contribution in [0.15, 0.2) is 34.8 Å². The number of aromatic nitrogens is 4. The van der Waals surface area contributed by atoms with Crippen LogP contribution in [0.5, 0.6) is 0 Å². The molecular formula is C18H21N5OS2. The molecule has 1 N–H and O–H groups in total. The fourth-order valence-corrected chi connectivity index (χ4v) is 3.71. The highest BCUT2D eigenvalue weighted by Gasteiger charge is 2.15. The molecule has 3 aromatic rings. The number of nitrogens with one attached hydrogen (secondary N) is 1. The highest BCUT2D eigenvalue weighted by atomic mass is 32.2. The second-order valence-electron chi connectivity index (χ2n) is 6.23. The van der Waals surface area contributed by atoms with E-state index in [-0.39, 0.29) is 11.7 Å². The van der Waals surface area contributed by atoms with Crippen LogP contribution in [0, 0.1) is 6.92 Å². The average molecular weight is 388 g/mol. The van der Waals surface area contributed by atoms with E-state index in [1.807, 2.05) is 48.2 Å². The average Bonchev–Trinajstić information content (AvgIpc) is 3.19. The van der Waals surface area contributed by atoms with Gasteiger partial charge < -0.3 is 9.88 Å². The molecule has 0 atom stereocenters. The SMILES string of the molecule is Cc1nc(-c2nnc(SCC(=O)Nc3ccc(C(C)C)cc3)n2C)cs1. The number of thioether (sulfide) groups is 1. The van der Waals surface area contributed by atoms with Crippen molar-refractivity contribution in [1.29, 1.82) is 0 Å². The molecule has 0 unspecified atom stereocenters. The molecule has 1 aromatic carbocycles. The summed E-state index contributed by atoms with van der Waals surface area (Å²) in [6, 6.07) is 7.95. The Morgan fingerprint density at radius 1 is 1.27 bits per heavy atom. The molecule has 6 nitrogen and oxygen atoms in total. The van der Waals surface area contributed by atoms with Crippen molar-refractivity contribution in [3.63, 3.8) is 0 Å². The quantitative estimate of drug-likeness (QED) is 0.645. The molecule has 0 spiro atoms. The number of nitrogens with zero attached hydrogens (tertiary/aromatic N) is 4. The van der Waals surface area contributed by atoms with Crippen molar-refractivity contribution < 1.29 is 4.79 Å². The van der Waals surface area contributed by atoms with Gasteiger partial charge in [-0.25, -0.2) is 4.98 Å².